The Kier molecular flexibility index (Phi) is 5.29. The van der Waals surface area contributed by atoms with Crippen LogP contribution in [0.5, 0.6) is 0 Å². The summed E-state index contributed by atoms with van der Waals surface area (Å²) in [4.78, 5) is 0. The van der Waals surface area contributed by atoms with E-state index in [1.807, 2.05) is 0 Å². The fraction of sp³-hybridized carbons (Fsp3) is 1.00. The minimum Gasteiger partial charge on any atom is -0.310 e. The summed E-state index contributed by atoms with van der Waals surface area (Å²) in [6.07, 6.45) is 12.1. The van der Waals surface area contributed by atoms with Crippen LogP contribution < -0.4 is 5.32 Å². The molecule has 19 heavy (non-hydrogen) atoms. The van der Waals surface area contributed by atoms with Crippen LogP contribution in [0.1, 0.15) is 64.7 Å². The highest BCUT2D eigenvalue weighted by atomic mass is 32.2. The molecule has 3 nitrogen and oxygen atoms in total. The van der Waals surface area contributed by atoms with E-state index in [0.29, 0.717) is 6.04 Å². The average Bonchev–Trinajstić information content (AvgIpc) is 2.80. The third kappa shape index (κ3) is 4.19. The quantitative estimate of drug-likeness (QED) is 0.845. The van der Waals surface area contributed by atoms with Gasteiger partial charge in [-0.1, -0.05) is 26.2 Å². The lowest BCUT2D eigenvalue weighted by atomic mass is 9.83. The van der Waals surface area contributed by atoms with Crippen LogP contribution in [0, 0.1) is 5.92 Å². The topological polar surface area (TPSA) is 46.2 Å². The van der Waals surface area contributed by atoms with E-state index in [-0.39, 0.29) is 11.3 Å². The number of hydrogen-bond acceptors (Lipinski definition) is 3. The van der Waals surface area contributed by atoms with Gasteiger partial charge in [0.2, 0.25) is 0 Å². The largest absolute Gasteiger partial charge is 0.310 e. The van der Waals surface area contributed by atoms with Gasteiger partial charge in [-0.2, -0.15) is 0 Å². The van der Waals surface area contributed by atoms with Crippen LogP contribution in [0.3, 0.4) is 0 Å². The van der Waals surface area contributed by atoms with Crippen molar-refractivity contribution in [2.45, 2.75) is 82.0 Å². The molecular formula is C15H29NO2S. The van der Waals surface area contributed by atoms with Crippen molar-refractivity contribution < 1.29 is 8.42 Å². The summed E-state index contributed by atoms with van der Waals surface area (Å²) in [5.41, 5.74) is 0. The highest BCUT2D eigenvalue weighted by molar-refractivity contribution is 7.91. The molecule has 2 atom stereocenters. The molecule has 2 fully saturated rings. The SMILES string of the molecule is CCCC1CCC(NC2CCCC2S(C)(=O)=O)CC1. The molecule has 2 unspecified atom stereocenters. The first kappa shape index (κ1) is 15.3. The summed E-state index contributed by atoms with van der Waals surface area (Å²) in [5.74, 6) is 0.914. The predicted octanol–water partition coefficient (Wildman–Crippen LogP) is 2.90. The summed E-state index contributed by atoms with van der Waals surface area (Å²) in [7, 11) is -2.88. The van der Waals surface area contributed by atoms with Gasteiger partial charge in [0.05, 0.1) is 5.25 Å². The fourth-order valence-corrected chi connectivity index (χ4v) is 5.36. The first-order valence-electron chi connectivity index (χ1n) is 7.95. The van der Waals surface area contributed by atoms with Gasteiger partial charge in [-0.25, -0.2) is 8.42 Å². The predicted molar refractivity (Wildman–Crippen MR) is 80.1 cm³/mol. The first-order valence-corrected chi connectivity index (χ1v) is 9.91. The van der Waals surface area contributed by atoms with Gasteiger partial charge >= 0.3 is 0 Å². The molecule has 4 heteroatoms. The minimum atomic E-state index is -2.88. The molecule has 0 radical (unpaired) electrons. The van der Waals surface area contributed by atoms with Crippen molar-refractivity contribution in [2.24, 2.45) is 5.92 Å². The van der Waals surface area contributed by atoms with Gasteiger partial charge in [0.15, 0.2) is 9.84 Å². The second-order valence-electron chi connectivity index (χ2n) is 6.58. The van der Waals surface area contributed by atoms with Gasteiger partial charge in [0.1, 0.15) is 0 Å². The van der Waals surface area contributed by atoms with Crippen LogP contribution in [-0.2, 0) is 9.84 Å². The summed E-state index contributed by atoms with van der Waals surface area (Å²) >= 11 is 0. The molecular weight excluding hydrogens is 258 g/mol. The van der Waals surface area contributed by atoms with E-state index < -0.39 is 9.84 Å². The molecule has 0 amide bonds. The molecule has 0 heterocycles. The van der Waals surface area contributed by atoms with E-state index in [1.165, 1.54) is 44.8 Å². The fourth-order valence-electron chi connectivity index (χ4n) is 3.96. The Hall–Kier alpha value is -0.0900. The van der Waals surface area contributed by atoms with Crippen LogP contribution in [0.2, 0.25) is 0 Å². The van der Waals surface area contributed by atoms with E-state index in [0.717, 1.165) is 25.2 Å². The Bertz CT molecular complexity index is 372. The minimum absolute atomic E-state index is 0.138. The molecule has 0 saturated heterocycles. The van der Waals surface area contributed by atoms with Crippen molar-refractivity contribution in [3.8, 4) is 0 Å². The normalized spacial score (nSPS) is 36.5. The Labute approximate surface area is 118 Å². The number of rotatable bonds is 5. The Balaban J connectivity index is 1.82. The monoisotopic (exact) mass is 287 g/mol. The Morgan fingerprint density at radius 1 is 1.05 bits per heavy atom. The highest BCUT2D eigenvalue weighted by Gasteiger charge is 2.36. The van der Waals surface area contributed by atoms with E-state index in [2.05, 4.69) is 12.2 Å². The summed E-state index contributed by atoms with van der Waals surface area (Å²) in [5, 5.41) is 3.52. The van der Waals surface area contributed by atoms with Crippen molar-refractivity contribution in [3.05, 3.63) is 0 Å². The van der Waals surface area contributed by atoms with Crippen molar-refractivity contribution in [2.75, 3.05) is 6.26 Å². The molecule has 0 bridgehead atoms. The molecule has 0 aromatic rings. The number of nitrogens with one attached hydrogen (secondary N) is 1. The van der Waals surface area contributed by atoms with Crippen molar-refractivity contribution in [1.29, 1.82) is 0 Å². The zero-order valence-corrected chi connectivity index (χ0v) is 13.2. The van der Waals surface area contributed by atoms with Crippen LogP contribution in [0.25, 0.3) is 0 Å². The lowest BCUT2D eigenvalue weighted by Crippen LogP contribution is -2.46. The molecule has 2 aliphatic carbocycles. The van der Waals surface area contributed by atoms with Gasteiger partial charge in [0.25, 0.3) is 0 Å². The van der Waals surface area contributed by atoms with Gasteiger partial charge < -0.3 is 5.32 Å². The van der Waals surface area contributed by atoms with E-state index in [1.54, 1.807) is 0 Å². The van der Waals surface area contributed by atoms with Gasteiger partial charge in [-0.3, -0.25) is 0 Å². The molecule has 112 valence electrons. The molecule has 2 aliphatic rings. The maximum atomic E-state index is 11.8. The second kappa shape index (κ2) is 6.57. The van der Waals surface area contributed by atoms with Crippen LogP contribution in [-0.4, -0.2) is 32.0 Å². The lowest BCUT2D eigenvalue weighted by Gasteiger charge is -2.32. The first-order chi connectivity index (χ1) is 9.00. The summed E-state index contributed by atoms with van der Waals surface area (Å²) in [6.45, 7) is 2.26. The zero-order valence-electron chi connectivity index (χ0n) is 12.4. The molecule has 0 aromatic heterocycles. The Morgan fingerprint density at radius 2 is 1.74 bits per heavy atom. The van der Waals surface area contributed by atoms with Crippen LogP contribution in [0.15, 0.2) is 0 Å². The van der Waals surface area contributed by atoms with Crippen molar-refractivity contribution in [1.82, 2.24) is 5.32 Å². The summed E-state index contributed by atoms with van der Waals surface area (Å²) in [6, 6.07) is 0.767. The van der Waals surface area contributed by atoms with Crippen LogP contribution in [0.4, 0.5) is 0 Å². The van der Waals surface area contributed by atoms with E-state index >= 15 is 0 Å². The van der Waals surface area contributed by atoms with Gasteiger partial charge in [-0.15, -0.1) is 0 Å². The van der Waals surface area contributed by atoms with Gasteiger partial charge in [-0.05, 0) is 44.4 Å². The molecule has 1 N–H and O–H groups in total. The third-order valence-electron chi connectivity index (χ3n) is 5.00. The zero-order chi connectivity index (χ0) is 13.9. The average molecular weight is 287 g/mol. The number of hydrogen-bond donors (Lipinski definition) is 1. The molecule has 2 saturated carbocycles. The standard InChI is InChI=1S/C15H29NO2S/c1-3-5-12-8-10-13(11-9-12)16-14-6-4-7-15(14)19(2,17)18/h12-16H,3-11H2,1-2H3. The van der Waals surface area contributed by atoms with E-state index in [9.17, 15) is 8.42 Å². The maximum absolute atomic E-state index is 11.8. The smallest absolute Gasteiger partial charge is 0.151 e. The van der Waals surface area contributed by atoms with E-state index in [4.69, 9.17) is 0 Å². The number of sulfone groups is 1. The summed E-state index contributed by atoms with van der Waals surface area (Å²) < 4.78 is 23.6. The molecule has 0 spiro atoms. The third-order valence-corrected chi connectivity index (χ3v) is 6.66. The maximum Gasteiger partial charge on any atom is 0.151 e. The molecule has 0 aromatic carbocycles. The lowest BCUT2D eigenvalue weighted by molar-refractivity contribution is 0.263. The molecule has 2 rings (SSSR count). The van der Waals surface area contributed by atoms with Gasteiger partial charge in [0, 0.05) is 18.3 Å². The van der Waals surface area contributed by atoms with Crippen LogP contribution >= 0.6 is 0 Å². The molecule has 0 aliphatic heterocycles. The van der Waals surface area contributed by atoms with Crippen molar-refractivity contribution in [3.63, 3.8) is 0 Å². The second-order valence-corrected chi connectivity index (χ2v) is 8.84. The van der Waals surface area contributed by atoms with Crippen molar-refractivity contribution >= 4 is 9.84 Å². The highest BCUT2D eigenvalue weighted by Crippen LogP contribution is 2.30. The Morgan fingerprint density at radius 3 is 2.32 bits per heavy atom.